The van der Waals surface area contributed by atoms with Crippen molar-refractivity contribution in [2.45, 2.75) is 25.7 Å². The lowest BCUT2D eigenvalue weighted by molar-refractivity contribution is -0.133. The second-order valence-corrected chi connectivity index (χ2v) is 6.79. The lowest BCUT2D eigenvalue weighted by atomic mass is 9.91. The number of primary amides is 1. The molecule has 3 N–H and O–H groups in total. The first-order valence-corrected chi connectivity index (χ1v) is 8.11. The Hall–Kier alpha value is -1.14. The molecule has 3 fully saturated rings. The normalized spacial score (nSPS) is 29.1. The van der Waals surface area contributed by atoms with Gasteiger partial charge in [-0.15, -0.1) is 0 Å². The molecule has 21 heavy (non-hydrogen) atoms. The molecule has 0 aromatic rings. The van der Waals surface area contributed by atoms with Gasteiger partial charge >= 0.3 is 0 Å². The Labute approximate surface area is 126 Å². The summed E-state index contributed by atoms with van der Waals surface area (Å²) in [5.74, 6) is 0.311. The molecule has 2 amide bonds. The number of carbonyl (C=O) groups is 2. The highest BCUT2D eigenvalue weighted by atomic mass is 16.2. The van der Waals surface area contributed by atoms with E-state index in [1.54, 1.807) is 0 Å². The number of piperidine rings is 1. The molecule has 3 aliphatic rings. The molecular weight excluding hydrogens is 268 g/mol. The summed E-state index contributed by atoms with van der Waals surface area (Å²) in [5, 5.41) is 3.38. The van der Waals surface area contributed by atoms with E-state index < -0.39 is 0 Å². The molecule has 118 valence electrons. The summed E-state index contributed by atoms with van der Waals surface area (Å²) in [7, 11) is 0. The summed E-state index contributed by atoms with van der Waals surface area (Å²) in [5.41, 5.74) is 5.56. The zero-order valence-electron chi connectivity index (χ0n) is 12.6. The van der Waals surface area contributed by atoms with E-state index in [1.807, 2.05) is 4.90 Å². The van der Waals surface area contributed by atoms with Crippen molar-refractivity contribution in [3.05, 3.63) is 0 Å². The molecule has 1 atom stereocenters. The van der Waals surface area contributed by atoms with Gasteiger partial charge in [0.25, 0.3) is 0 Å². The van der Waals surface area contributed by atoms with Gasteiger partial charge in [-0.1, -0.05) is 0 Å². The predicted octanol–water partition coefficient (Wildman–Crippen LogP) is -0.604. The molecule has 2 aliphatic heterocycles. The largest absolute Gasteiger partial charge is 0.369 e. The highest BCUT2D eigenvalue weighted by Crippen LogP contribution is 2.59. The monoisotopic (exact) mass is 294 g/mol. The van der Waals surface area contributed by atoms with E-state index in [2.05, 4.69) is 10.2 Å². The van der Waals surface area contributed by atoms with Gasteiger partial charge in [-0.25, -0.2) is 0 Å². The Bertz CT molecular complexity index is 420. The van der Waals surface area contributed by atoms with Crippen LogP contribution in [0.25, 0.3) is 0 Å². The molecule has 0 bridgehead atoms. The summed E-state index contributed by atoms with van der Waals surface area (Å²) in [4.78, 5) is 27.8. The highest BCUT2D eigenvalue weighted by molar-refractivity contribution is 5.83. The van der Waals surface area contributed by atoms with E-state index >= 15 is 0 Å². The molecule has 1 spiro atoms. The summed E-state index contributed by atoms with van der Waals surface area (Å²) >= 11 is 0. The standard InChI is InChI=1S/C15H26N4O2/c16-13(20)11-18-6-1-7-19(9-8-18)14(21)12-10-15(12)2-4-17-5-3-15/h12,17H,1-11H2,(H2,16,20). The third-order valence-corrected chi connectivity index (χ3v) is 5.37. The van der Waals surface area contributed by atoms with Crippen LogP contribution in [0.5, 0.6) is 0 Å². The topological polar surface area (TPSA) is 78.7 Å². The van der Waals surface area contributed by atoms with Crippen molar-refractivity contribution in [1.82, 2.24) is 15.1 Å². The van der Waals surface area contributed by atoms with E-state index in [0.29, 0.717) is 17.9 Å². The minimum absolute atomic E-state index is 0.252. The van der Waals surface area contributed by atoms with Gasteiger partial charge in [0.1, 0.15) is 0 Å². The summed E-state index contributed by atoms with van der Waals surface area (Å²) < 4.78 is 0. The summed E-state index contributed by atoms with van der Waals surface area (Å²) in [6.45, 7) is 5.58. The fourth-order valence-electron chi connectivity index (χ4n) is 3.96. The third kappa shape index (κ3) is 3.21. The molecule has 2 saturated heterocycles. The van der Waals surface area contributed by atoms with Crippen LogP contribution in [0.2, 0.25) is 0 Å². The van der Waals surface area contributed by atoms with E-state index in [1.165, 1.54) is 0 Å². The lowest BCUT2D eigenvalue weighted by Gasteiger charge is -2.26. The zero-order chi connectivity index (χ0) is 14.9. The Morgan fingerprint density at radius 1 is 1.14 bits per heavy atom. The van der Waals surface area contributed by atoms with Crippen molar-refractivity contribution in [3.63, 3.8) is 0 Å². The van der Waals surface area contributed by atoms with E-state index in [0.717, 1.165) is 65.0 Å². The van der Waals surface area contributed by atoms with Crippen molar-refractivity contribution in [1.29, 1.82) is 0 Å². The zero-order valence-corrected chi connectivity index (χ0v) is 12.6. The van der Waals surface area contributed by atoms with E-state index in [9.17, 15) is 9.59 Å². The molecule has 1 unspecified atom stereocenters. The molecule has 3 rings (SSSR count). The Morgan fingerprint density at radius 3 is 2.62 bits per heavy atom. The first-order chi connectivity index (χ1) is 10.1. The molecular formula is C15H26N4O2. The maximum atomic E-state index is 12.7. The molecule has 2 heterocycles. The number of carbonyl (C=O) groups excluding carboxylic acids is 2. The lowest BCUT2D eigenvalue weighted by Crippen LogP contribution is -2.40. The SMILES string of the molecule is NC(=O)CN1CCCN(C(=O)C2CC23CCNCC3)CC1. The van der Waals surface area contributed by atoms with Crippen molar-refractivity contribution in [2.24, 2.45) is 17.1 Å². The van der Waals surface area contributed by atoms with Crippen LogP contribution in [0, 0.1) is 11.3 Å². The number of hydrogen-bond donors (Lipinski definition) is 2. The Morgan fingerprint density at radius 2 is 1.90 bits per heavy atom. The summed E-state index contributed by atoms with van der Waals surface area (Å²) in [6, 6.07) is 0. The molecule has 0 aromatic heterocycles. The third-order valence-electron chi connectivity index (χ3n) is 5.37. The van der Waals surface area contributed by atoms with Crippen LogP contribution in [-0.4, -0.2) is 67.4 Å². The van der Waals surface area contributed by atoms with Crippen molar-refractivity contribution in [3.8, 4) is 0 Å². The number of nitrogens with zero attached hydrogens (tertiary/aromatic N) is 2. The van der Waals surface area contributed by atoms with Gasteiger partial charge in [0.2, 0.25) is 11.8 Å². The van der Waals surface area contributed by atoms with Crippen molar-refractivity contribution < 1.29 is 9.59 Å². The fourth-order valence-corrected chi connectivity index (χ4v) is 3.96. The molecule has 1 saturated carbocycles. The number of nitrogens with two attached hydrogens (primary N) is 1. The molecule has 6 nitrogen and oxygen atoms in total. The first kappa shape index (κ1) is 14.8. The minimum atomic E-state index is -0.286. The minimum Gasteiger partial charge on any atom is -0.369 e. The highest BCUT2D eigenvalue weighted by Gasteiger charge is 2.58. The average molecular weight is 294 g/mol. The number of nitrogens with one attached hydrogen (secondary N) is 1. The van der Waals surface area contributed by atoms with Crippen LogP contribution in [0.4, 0.5) is 0 Å². The first-order valence-electron chi connectivity index (χ1n) is 8.11. The molecule has 0 aromatic carbocycles. The van der Waals surface area contributed by atoms with Crippen LogP contribution in [-0.2, 0) is 9.59 Å². The van der Waals surface area contributed by atoms with E-state index in [4.69, 9.17) is 5.73 Å². The molecule has 0 radical (unpaired) electrons. The van der Waals surface area contributed by atoms with Crippen molar-refractivity contribution in [2.75, 3.05) is 45.8 Å². The quantitative estimate of drug-likeness (QED) is 0.728. The van der Waals surface area contributed by atoms with Gasteiger partial charge in [-0.05, 0) is 44.2 Å². The number of amides is 2. The number of hydrogen-bond acceptors (Lipinski definition) is 4. The Balaban J connectivity index is 1.53. The van der Waals surface area contributed by atoms with Gasteiger partial charge in [0.05, 0.1) is 6.54 Å². The number of rotatable bonds is 3. The second-order valence-electron chi connectivity index (χ2n) is 6.79. The van der Waals surface area contributed by atoms with Crippen LogP contribution < -0.4 is 11.1 Å². The van der Waals surface area contributed by atoms with E-state index in [-0.39, 0.29) is 11.8 Å². The van der Waals surface area contributed by atoms with Crippen LogP contribution in [0.15, 0.2) is 0 Å². The van der Waals surface area contributed by atoms with Gasteiger partial charge in [-0.3, -0.25) is 14.5 Å². The molecule has 1 aliphatic carbocycles. The maximum absolute atomic E-state index is 12.7. The van der Waals surface area contributed by atoms with Crippen LogP contribution in [0.1, 0.15) is 25.7 Å². The average Bonchev–Trinajstić information content (AvgIpc) is 3.19. The van der Waals surface area contributed by atoms with Gasteiger partial charge in [0.15, 0.2) is 0 Å². The van der Waals surface area contributed by atoms with Crippen molar-refractivity contribution >= 4 is 11.8 Å². The fraction of sp³-hybridized carbons (Fsp3) is 0.867. The summed E-state index contributed by atoms with van der Waals surface area (Å²) in [6.07, 6.45) is 4.30. The van der Waals surface area contributed by atoms with Gasteiger partial charge < -0.3 is 16.0 Å². The predicted molar refractivity (Wildman–Crippen MR) is 79.5 cm³/mol. The Kier molecular flexibility index (Phi) is 4.17. The molecule has 6 heteroatoms. The van der Waals surface area contributed by atoms with Crippen LogP contribution in [0.3, 0.4) is 0 Å². The van der Waals surface area contributed by atoms with Crippen LogP contribution >= 0.6 is 0 Å². The second kappa shape index (κ2) is 5.93. The maximum Gasteiger partial charge on any atom is 0.231 e. The smallest absolute Gasteiger partial charge is 0.231 e. The van der Waals surface area contributed by atoms with Gasteiger partial charge in [0, 0.05) is 32.1 Å². The van der Waals surface area contributed by atoms with Gasteiger partial charge in [-0.2, -0.15) is 0 Å².